The van der Waals surface area contributed by atoms with E-state index in [0.29, 0.717) is 5.56 Å². The van der Waals surface area contributed by atoms with Crippen LogP contribution in [-0.4, -0.2) is 15.0 Å². The zero-order valence-corrected chi connectivity index (χ0v) is 6.30. The van der Waals surface area contributed by atoms with Crippen molar-refractivity contribution in [1.29, 1.82) is 0 Å². The summed E-state index contributed by atoms with van der Waals surface area (Å²) < 4.78 is 1.65. The van der Waals surface area contributed by atoms with Gasteiger partial charge in [-0.25, -0.2) is 0 Å². The Labute approximate surface area is 63.6 Å². The normalized spacial score (nSPS) is 9.80. The summed E-state index contributed by atoms with van der Waals surface area (Å²) in [4.78, 5) is 10.5. The van der Waals surface area contributed by atoms with Gasteiger partial charge < -0.3 is 0 Å². The molecule has 10 heavy (non-hydrogen) atoms. The Kier molecular flexibility index (Phi) is 2.06. The van der Waals surface area contributed by atoms with Crippen molar-refractivity contribution >= 4 is 16.8 Å². The molecule has 4 heteroatoms. The average Bonchev–Trinajstić information content (AvgIpc) is 2.34. The van der Waals surface area contributed by atoms with E-state index < -0.39 is 5.24 Å². The molecule has 54 valence electrons. The van der Waals surface area contributed by atoms with Crippen LogP contribution in [0.2, 0.25) is 0 Å². The Morgan fingerprint density at radius 2 is 2.60 bits per heavy atom. The molecule has 0 saturated heterocycles. The molecule has 0 N–H and O–H groups in total. The summed E-state index contributed by atoms with van der Waals surface area (Å²) in [5.74, 6) is 0. The highest BCUT2D eigenvalue weighted by Gasteiger charge is 2.02. The summed E-state index contributed by atoms with van der Waals surface area (Å²) in [6, 6.07) is 0. The molecule has 0 saturated carbocycles. The molecule has 1 rings (SSSR count). The summed E-state index contributed by atoms with van der Waals surface area (Å²) in [5.41, 5.74) is 0.448. The van der Waals surface area contributed by atoms with E-state index >= 15 is 0 Å². The number of rotatable bonds is 2. The van der Waals surface area contributed by atoms with Gasteiger partial charge in [-0.1, -0.05) is 0 Å². The smallest absolute Gasteiger partial charge is 0.255 e. The maximum Gasteiger partial charge on any atom is 0.255 e. The first-order chi connectivity index (χ1) is 4.74. The van der Waals surface area contributed by atoms with Crippen molar-refractivity contribution in [2.24, 2.45) is 0 Å². The number of carbonyl (C=O) groups is 1. The lowest BCUT2D eigenvalue weighted by molar-refractivity contribution is 0.108. The van der Waals surface area contributed by atoms with Gasteiger partial charge in [-0.05, 0) is 18.5 Å². The molecule has 1 aromatic heterocycles. The van der Waals surface area contributed by atoms with Crippen LogP contribution in [0.1, 0.15) is 17.3 Å². The van der Waals surface area contributed by atoms with Gasteiger partial charge in [-0.2, -0.15) is 5.10 Å². The van der Waals surface area contributed by atoms with Gasteiger partial charge in [-0.3, -0.25) is 9.48 Å². The molecule has 0 aliphatic heterocycles. The highest BCUT2D eigenvalue weighted by Crippen LogP contribution is 2.01. The zero-order chi connectivity index (χ0) is 7.56. The van der Waals surface area contributed by atoms with Crippen LogP contribution in [0.3, 0.4) is 0 Å². The molecule has 3 nitrogen and oxygen atoms in total. The van der Waals surface area contributed by atoms with Crippen LogP contribution in [0.5, 0.6) is 0 Å². The van der Waals surface area contributed by atoms with Crippen LogP contribution in [0.4, 0.5) is 0 Å². The molecule has 0 amide bonds. The maximum atomic E-state index is 10.5. The van der Waals surface area contributed by atoms with Gasteiger partial charge in [-0.15, -0.1) is 0 Å². The zero-order valence-electron chi connectivity index (χ0n) is 5.54. The minimum atomic E-state index is -0.459. The first-order valence-electron chi connectivity index (χ1n) is 2.96. The topological polar surface area (TPSA) is 34.9 Å². The molecule has 1 heterocycles. The predicted octanol–water partition coefficient (Wildman–Crippen LogP) is 1.28. The summed E-state index contributed by atoms with van der Waals surface area (Å²) in [7, 11) is 0. The Hall–Kier alpha value is -0.830. The number of nitrogens with zero attached hydrogens (tertiary/aromatic N) is 2. The molecule has 0 radical (unpaired) electrons. The highest BCUT2D eigenvalue weighted by molar-refractivity contribution is 6.67. The lowest BCUT2D eigenvalue weighted by atomic mass is 10.4. The molecular formula is C6H7ClN2O. The number of hydrogen-bond donors (Lipinski definition) is 0. The van der Waals surface area contributed by atoms with Crippen LogP contribution < -0.4 is 0 Å². The van der Waals surface area contributed by atoms with Crippen LogP contribution in [0.15, 0.2) is 12.4 Å². The van der Waals surface area contributed by atoms with Crippen molar-refractivity contribution in [1.82, 2.24) is 9.78 Å². The minimum absolute atomic E-state index is 0.448. The molecule has 0 aromatic carbocycles. The van der Waals surface area contributed by atoms with E-state index in [4.69, 9.17) is 11.6 Å². The summed E-state index contributed by atoms with van der Waals surface area (Å²) in [6.45, 7) is 2.69. The third kappa shape index (κ3) is 1.36. The van der Waals surface area contributed by atoms with Gasteiger partial charge >= 0.3 is 0 Å². The van der Waals surface area contributed by atoms with Crippen molar-refractivity contribution in [2.75, 3.05) is 0 Å². The summed E-state index contributed by atoms with van der Waals surface area (Å²) >= 11 is 5.18. The fraction of sp³-hybridized carbons (Fsp3) is 0.333. The Balaban J connectivity index is 2.88. The minimum Gasteiger partial charge on any atom is -0.275 e. The van der Waals surface area contributed by atoms with Crippen LogP contribution in [0, 0.1) is 0 Å². The number of hydrogen-bond acceptors (Lipinski definition) is 2. The maximum absolute atomic E-state index is 10.5. The van der Waals surface area contributed by atoms with Crippen molar-refractivity contribution < 1.29 is 4.79 Å². The number of aryl methyl sites for hydroxylation is 1. The molecule has 0 bridgehead atoms. The molecule has 0 aliphatic rings. The van der Waals surface area contributed by atoms with Crippen LogP contribution in [-0.2, 0) is 6.54 Å². The fourth-order valence-corrected chi connectivity index (χ4v) is 0.736. The molecular weight excluding hydrogens is 152 g/mol. The van der Waals surface area contributed by atoms with E-state index in [1.165, 1.54) is 6.20 Å². The molecule has 0 unspecified atom stereocenters. The molecule has 1 aromatic rings. The van der Waals surface area contributed by atoms with E-state index in [1.54, 1.807) is 10.9 Å². The second kappa shape index (κ2) is 2.84. The van der Waals surface area contributed by atoms with Crippen molar-refractivity contribution in [2.45, 2.75) is 13.5 Å². The van der Waals surface area contributed by atoms with Gasteiger partial charge in [0.25, 0.3) is 5.24 Å². The Bertz CT molecular complexity index is 244. The van der Waals surface area contributed by atoms with Gasteiger partial charge in [0, 0.05) is 12.7 Å². The van der Waals surface area contributed by atoms with E-state index in [9.17, 15) is 4.79 Å². The summed E-state index contributed by atoms with van der Waals surface area (Å²) in [5, 5.41) is 3.41. The largest absolute Gasteiger partial charge is 0.275 e. The molecule has 0 atom stereocenters. The Morgan fingerprint density at radius 1 is 1.90 bits per heavy atom. The molecule has 0 fully saturated rings. The van der Waals surface area contributed by atoms with Gasteiger partial charge in [0.15, 0.2) is 0 Å². The van der Waals surface area contributed by atoms with E-state index in [1.807, 2.05) is 6.92 Å². The molecule has 0 spiro atoms. The lowest BCUT2D eigenvalue weighted by Gasteiger charge is -1.88. The van der Waals surface area contributed by atoms with E-state index in [2.05, 4.69) is 5.10 Å². The van der Waals surface area contributed by atoms with Crippen molar-refractivity contribution in [3.63, 3.8) is 0 Å². The van der Waals surface area contributed by atoms with Crippen molar-refractivity contribution in [3.8, 4) is 0 Å². The van der Waals surface area contributed by atoms with Gasteiger partial charge in [0.05, 0.1) is 11.8 Å². The van der Waals surface area contributed by atoms with Gasteiger partial charge in [0.1, 0.15) is 0 Å². The van der Waals surface area contributed by atoms with Crippen LogP contribution in [0.25, 0.3) is 0 Å². The first-order valence-corrected chi connectivity index (χ1v) is 3.34. The Morgan fingerprint density at radius 3 is 2.90 bits per heavy atom. The third-order valence-corrected chi connectivity index (χ3v) is 1.40. The number of aromatic nitrogens is 2. The van der Waals surface area contributed by atoms with Crippen molar-refractivity contribution in [3.05, 3.63) is 18.0 Å². The monoisotopic (exact) mass is 158 g/mol. The second-order valence-corrected chi connectivity index (χ2v) is 2.20. The predicted molar refractivity (Wildman–Crippen MR) is 38.1 cm³/mol. The van der Waals surface area contributed by atoms with E-state index in [0.717, 1.165) is 6.54 Å². The second-order valence-electron chi connectivity index (χ2n) is 1.86. The quantitative estimate of drug-likeness (QED) is 0.608. The standard InChI is InChI=1S/C6H7ClN2O/c1-2-9-4-5(3-8-9)6(7)10/h3-4H,2H2,1H3. The average molecular weight is 159 g/mol. The van der Waals surface area contributed by atoms with E-state index in [-0.39, 0.29) is 0 Å². The first kappa shape index (κ1) is 7.28. The number of halogens is 1. The fourth-order valence-electron chi connectivity index (χ4n) is 0.638. The third-order valence-electron chi connectivity index (χ3n) is 1.18. The molecule has 0 aliphatic carbocycles. The summed E-state index contributed by atoms with van der Waals surface area (Å²) in [6.07, 6.45) is 3.08. The SMILES string of the molecule is CCn1cc(C(=O)Cl)cn1. The highest BCUT2D eigenvalue weighted by atomic mass is 35.5. The lowest BCUT2D eigenvalue weighted by Crippen LogP contribution is -1.92. The van der Waals surface area contributed by atoms with Crippen LogP contribution >= 0.6 is 11.6 Å². The van der Waals surface area contributed by atoms with Gasteiger partial charge in [0.2, 0.25) is 0 Å². The number of carbonyl (C=O) groups excluding carboxylic acids is 1.